The lowest BCUT2D eigenvalue weighted by molar-refractivity contribution is -0.384. The fourth-order valence-electron chi connectivity index (χ4n) is 3.53. The second kappa shape index (κ2) is 11.3. The number of carbonyl (C=O) groups is 1. The summed E-state index contributed by atoms with van der Waals surface area (Å²) in [6, 6.07) is 14.1. The molecular formula is C26H21BrFN5O5. The molecule has 0 spiro atoms. The molecule has 4 rings (SSSR count). The summed E-state index contributed by atoms with van der Waals surface area (Å²) in [6.07, 6.45) is 1.25. The van der Waals surface area contributed by atoms with Crippen molar-refractivity contribution in [2.24, 2.45) is 5.10 Å². The minimum Gasteiger partial charge on any atom is -0.483 e. The average Bonchev–Trinajstić information content (AvgIpc) is 2.88. The van der Waals surface area contributed by atoms with E-state index in [2.05, 4.69) is 31.3 Å². The van der Waals surface area contributed by atoms with Crippen LogP contribution in [-0.4, -0.2) is 33.3 Å². The topological polar surface area (TPSA) is 129 Å². The molecule has 38 heavy (non-hydrogen) atoms. The minimum absolute atomic E-state index is 0.129. The summed E-state index contributed by atoms with van der Waals surface area (Å²) < 4.78 is 20.5. The van der Waals surface area contributed by atoms with Crippen LogP contribution >= 0.6 is 15.9 Å². The first-order valence-electron chi connectivity index (χ1n) is 11.4. The molecule has 10 nitrogen and oxygen atoms in total. The molecule has 12 heteroatoms. The van der Waals surface area contributed by atoms with Crippen molar-refractivity contribution >= 4 is 50.3 Å². The van der Waals surface area contributed by atoms with Crippen molar-refractivity contribution in [3.8, 4) is 5.75 Å². The predicted octanol–water partition coefficient (Wildman–Crippen LogP) is 5.23. The van der Waals surface area contributed by atoms with Crippen molar-refractivity contribution in [1.29, 1.82) is 0 Å². The first-order valence-corrected chi connectivity index (χ1v) is 12.1. The lowest BCUT2D eigenvalue weighted by Gasteiger charge is -2.12. The van der Waals surface area contributed by atoms with Crippen molar-refractivity contribution in [2.45, 2.75) is 19.8 Å². The van der Waals surface area contributed by atoms with Crippen molar-refractivity contribution in [3.63, 3.8) is 0 Å². The number of aromatic nitrogens is 2. The SMILES string of the molecule is CC(C)c1nc2ccc(Br)cc2c(=O)n1N=Cc1cc([N+](=O)[O-])ccc1OCC(=O)Nc1ccc(F)cc1. The van der Waals surface area contributed by atoms with Gasteiger partial charge in [-0.3, -0.25) is 19.7 Å². The Morgan fingerprint density at radius 3 is 2.63 bits per heavy atom. The highest BCUT2D eigenvalue weighted by atomic mass is 79.9. The normalized spacial score (nSPS) is 11.3. The zero-order valence-electron chi connectivity index (χ0n) is 20.2. The maximum atomic E-state index is 13.3. The number of hydrogen-bond donors (Lipinski definition) is 1. The molecule has 0 fully saturated rings. The van der Waals surface area contributed by atoms with Crippen LogP contribution in [0.15, 0.2) is 75.0 Å². The van der Waals surface area contributed by atoms with Gasteiger partial charge >= 0.3 is 0 Å². The average molecular weight is 582 g/mol. The van der Waals surface area contributed by atoms with E-state index < -0.39 is 28.8 Å². The van der Waals surface area contributed by atoms with Crippen molar-refractivity contribution in [2.75, 3.05) is 11.9 Å². The number of nitro groups is 1. The summed E-state index contributed by atoms with van der Waals surface area (Å²) in [5, 5.41) is 18.6. The van der Waals surface area contributed by atoms with Gasteiger partial charge in [-0.2, -0.15) is 9.78 Å². The number of fused-ring (bicyclic) bond motifs is 1. The van der Waals surface area contributed by atoms with Crippen molar-refractivity contribution < 1.29 is 18.8 Å². The number of halogens is 2. The van der Waals surface area contributed by atoms with Gasteiger partial charge in [0, 0.05) is 33.8 Å². The summed E-state index contributed by atoms with van der Waals surface area (Å²) in [5.41, 5.74) is 0.417. The standard InChI is InChI=1S/C26H21BrFN5O5/c1-15(2)25-31-22-9-3-17(27)12-21(22)26(35)32(25)29-13-16-11-20(33(36)37)8-10-23(16)38-14-24(34)30-19-6-4-18(28)5-7-19/h3-13,15H,14H2,1-2H3,(H,30,34). The Bertz CT molecular complexity index is 1620. The van der Waals surface area contributed by atoms with Crippen LogP contribution in [0.3, 0.4) is 0 Å². The fraction of sp³-hybridized carbons (Fsp3) is 0.154. The van der Waals surface area contributed by atoms with Gasteiger partial charge in [0.05, 0.1) is 22.0 Å². The molecule has 3 aromatic carbocycles. The molecule has 0 radical (unpaired) electrons. The number of nitro benzene ring substituents is 1. The van der Waals surface area contributed by atoms with Crippen LogP contribution in [-0.2, 0) is 4.79 Å². The molecular weight excluding hydrogens is 561 g/mol. The van der Waals surface area contributed by atoms with Gasteiger partial charge in [-0.05, 0) is 48.5 Å². The second-order valence-corrected chi connectivity index (χ2v) is 9.39. The third-order valence-corrected chi connectivity index (χ3v) is 5.85. The van der Waals surface area contributed by atoms with E-state index >= 15 is 0 Å². The van der Waals surface area contributed by atoms with E-state index in [4.69, 9.17) is 4.74 Å². The molecule has 0 saturated heterocycles. The molecule has 0 saturated carbocycles. The zero-order chi connectivity index (χ0) is 27.4. The van der Waals surface area contributed by atoms with E-state index in [0.29, 0.717) is 26.9 Å². The van der Waals surface area contributed by atoms with Crippen LogP contribution < -0.4 is 15.6 Å². The molecule has 0 bridgehead atoms. The molecule has 0 unspecified atom stereocenters. The number of anilines is 1. The Hall–Kier alpha value is -4.45. The Labute approximate surface area is 224 Å². The number of rotatable bonds is 8. The summed E-state index contributed by atoms with van der Waals surface area (Å²) >= 11 is 3.35. The van der Waals surface area contributed by atoms with Crippen LogP contribution in [0.5, 0.6) is 5.75 Å². The Kier molecular flexibility index (Phi) is 7.91. The van der Waals surface area contributed by atoms with Gasteiger partial charge in [0.25, 0.3) is 17.2 Å². The lowest BCUT2D eigenvalue weighted by atomic mass is 10.2. The van der Waals surface area contributed by atoms with Crippen LogP contribution in [0.25, 0.3) is 10.9 Å². The summed E-state index contributed by atoms with van der Waals surface area (Å²) in [7, 11) is 0. The Balaban J connectivity index is 1.67. The maximum Gasteiger partial charge on any atom is 0.282 e. The Morgan fingerprint density at radius 1 is 1.21 bits per heavy atom. The van der Waals surface area contributed by atoms with Gasteiger partial charge in [0.15, 0.2) is 6.61 Å². The highest BCUT2D eigenvalue weighted by Gasteiger charge is 2.16. The molecule has 1 N–H and O–H groups in total. The second-order valence-electron chi connectivity index (χ2n) is 8.47. The minimum atomic E-state index is -0.580. The summed E-state index contributed by atoms with van der Waals surface area (Å²) in [6.45, 7) is 3.29. The van der Waals surface area contributed by atoms with E-state index in [9.17, 15) is 24.1 Å². The molecule has 1 amide bonds. The van der Waals surface area contributed by atoms with Gasteiger partial charge in [0.1, 0.15) is 17.4 Å². The number of nitrogens with one attached hydrogen (secondary N) is 1. The van der Waals surface area contributed by atoms with Gasteiger partial charge < -0.3 is 10.1 Å². The number of non-ortho nitro benzene ring substituents is 1. The highest BCUT2D eigenvalue weighted by molar-refractivity contribution is 9.10. The molecule has 0 atom stereocenters. The number of nitrogens with zero attached hydrogens (tertiary/aromatic N) is 4. The molecule has 194 valence electrons. The quantitative estimate of drug-likeness (QED) is 0.172. The van der Waals surface area contributed by atoms with Gasteiger partial charge in [-0.15, -0.1) is 0 Å². The third-order valence-electron chi connectivity index (χ3n) is 5.35. The van der Waals surface area contributed by atoms with Crippen LogP contribution in [0.4, 0.5) is 15.8 Å². The fourth-order valence-corrected chi connectivity index (χ4v) is 3.89. The van der Waals surface area contributed by atoms with E-state index in [0.717, 1.165) is 4.68 Å². The maximum absolute atomic E-state index is 13.3. The first-order chi connectivity index (χ1) is 18.1. The smallest absolute Gasteiger partial charge is 0.282 e. The number of carbonyl (C=O) groups excluding carboxylic acids is 1. The monoisotopic (exact) mass is 581 g/mol. The van der Waals surface area contributed by atoms with Crippen molar-refractivity contribution in [3.05, 3.63) is 103 Å². The van der Waals surface area contributed by atoms with E-state index in [1.165, 1.54) is 48.7 Å². The molecule has 1 aromatic heterocycles. The molecule has 0 aliphatic rings. The number of ether oxygens (including phenoxy) is 1. The van der Waals surface area contributed by atoms with Crippen LogP contribution in [0, 0.1) is 15.9 Å². The largest absolute Gasteiger partial charge is 0.483 e. The van der Waals surface area contributed by atoms with Gasteiger partial charge in [-0.1, -0.05) is 29.8 Å². The third kappa shape index (κ3) is 6.09. The first kappa shape index (κ1) is 26.6. The summed E-state index contributed by atoms with van der Waals surface area (Å²) in [5.74, 6) is -0.607. The molecule has 0 aliphatic heterocycles. The van der Waals surface area contributed by atoms with Crippen molar-refractivity contribution in [1.82, 2.24) is 9.66 Å². The number of amides is 1. The molecule has 0 aliphatic carbocycles. The molecule has 4 aromatic rings. The van der Waals surface area contributed by atoms with Gasteiger partial charge in [0.2, 0.25) is 0 Å². The lowest BCUT2D eigenvalue weighted by Crippen LogP contribution is -2.23. The number of hydrogen-bond acceptors (Lipinski definition) is 7. The highest BCUT2D eigenvalue weighted by Crippen LogP contribution is 2.24. The Morgan fingerprint density at radius 2 is 1.95 bits per heavy atom. The van der Waals surface area contributed by atoms with Gasteiger partial charge in [-0.25, -0.2) is 9.37 Å². The number of benzene rings is 3. The van der Waals surface area contributed by atoms with Crippen LogP contribution in [0.2, 0.25) is 0 Å². The predicted molar refractivity (Wildman–Crippen MR) is 144 cm³/mol. The van der Waals surface area contributed by atoms with E-state index in [1.807, 2.05) is 13.8 Å². The van der Waals surface area contributed by atoms with E-state index in [-0.39, 0.29) is 22.9 Å². The van der Waals surface area contributed by atoms with E-state index in [1.54, 1.807) is 18.2 Å². The summed E-state index contributed by atoms with van der Waals surface area (Å²) in [4.78, 5) is 41.0. The molecule has 1 heterocycles. The van der Waals surface area contributed by atoms with Crippen LogP contribution in [0.1, 0.15) is 31.2 Å². The zero-order valence-corrected chi connectivity index (χ0v) is 21.8.